The van der Waals surface area contributed by atoms with E-state index in [0.717, 1.165) is 36.6 Å². The number of aryl methyl sites for hydroxylation is 1. The third-order valence-corrected chi connectivity index (χ3v) is 5.95. The minimum Gasteiger partial charge on any atom is -0.474 e. The molecule has 10 nitrogen and oxygen atoms in total. The second-order valence-electron chi connectivity index (χ2n) is 7.92. The maximum absolute atomic E-state index is 12.0. The van der Waals surface area contributed by atoms with Crippen molar-refractivity contribution in [3.05, 3.63) is 51.7 Å². The van der Waals surface area contributed by atoms with Crippen LogP contribution in [0.5, 0.6) is 5.88 Å². The number of rotatable bonds is 4. The Kier molecular flexibility index (Phi) is 4.85. The largest absolute Gasteiger partial charge is 0.474 e. The normalized spacial score (nSPS) is 18.4. The van der Waals surface area contributed by atoms with Gasteiger partial charge in [-0.25, -0.2) is 9.50 Å². The van der Waals surface area contributed by atoms with Gasteiger partial charge in [-0.15, -0.1) is 0 Å². The Labute approximate surface area is 178 Å². The van der Waals surface area contributed by atoms with Gasteiger partial charge in [0.15, 0.2) is 0 Å². The van der Waals surface area contributed by atoms with E-state index in [1.807, 2.05) is 25.3 Å². The van der Waals surface area contributed by atoms with Gasteiger partial charge in [-0.2, -0.15) is 5.10 Å². The van der Waals surface area contributed by atoms with E-state index in [9.17, 15) is 9.59 Å². The lowest BCUT2D eigenvalue weighted by Gasteiger charge is -2.45. The maximum atomic E-state index is 12.0. The Morgan fingerprint density at radius 3 is 3.03 bits per heavy atom. The molecular weight excluding hydrogens is 398 g/mol. The van der Waals surface area contributed by atoms with Gasteiger partial charge in [0.05, 0.1) is 11.7 Å². The zero-order valence-corrected chi connectivity index (χ0v) is 17.6. The summed E-state index contributed by atoms with van der Waals surface area (Å²) in [6, 6.07) is 5.79. The highest BCUT2D eigenvalue weighted by atomic mass is 16.5. The summed E-state index contributed by atoms with van der Waals surface area (Å²) in [6.45, 7) is 5.73. The van der Waals surface area contributed by atoms with Crippen molar-refractivity contribution in [2.24, 2.45) is 0 Å². The highest BCUT2D eigenvalue weighted by molar-refractivity contribution is 5.92. The highest BCUT2D eigenvalue weighted by Crippen LogP contribution is 2.34. The Morgan fingerprint density at radius 2 is 2.23 bits per heavy atom. The fourth-order valence-corrected chi connectivity index (χ4v) is 4.31. The van der Waals surface area contributed by atoms with Crippen LogP contribution < -0.4 is 20.5 Å². The molecule has 31 heavy (non-hydrogen) atoms. The first-order chi connectivity index (χ1) is 15.1. The second-order valence-corrected chi connectivity index (χ2v) is 7.92. The number of amides is 1. The van der Waals surface area contributed by atoms with Crippen molar-refractivity contribution < 1.29 is 9.53 Å². The Hall–Kier alpha value is -3.40. The SMILES string of the molecule is CCc1cn2nc(CN3CCN4c5ccc(C(=O)NC)nc5OC[C@H]4C3)cc2[nH]c1=O. The van der Waals surface area contributed by atoms with Crippen LogP contribution in [0.3, 0.4) is 0 Å². The van der Waals surface area contributed by atoms with Crippen molar-refractivity contribution in [2.45, 2.75) is 25.9 Å². The first-order valence-corrected chi connectivity index (χ1v) is 10.5. The number of nitrogens with one attached hydrogen (secondary N) is 2. The summed E-state index contributed by atoms with van der Waals surface area (Å²) in [4.78, 5) is 35.8. The van der Waals surface area contributed by atoms with Gasteiger partial charge >= 0.3 is 0 Å². The van der Waals surface area contributed by atoms with Crippen molar-refractivity contribution in [2.75, 3.05) is 38.2 Å². The van der Waals surface area contributed by atoms with Gasteiger partial charge in [0.1, 0.15) is 23.6 Å². The summed E-state index contributed by atoms with van der Waals surface area (Å²) in [7, 11) is 1.59. The monoisotopic (exact) mass is 423 g/mol. The van der Waals surface area contributed by atoms with Crippen molar-refractivity contribution in [1.82, 2.24) is 29.8 Å². The average molecular weight is 423 g/mol. The standard InChI is InChI=1S/C21H25N7O3/c1-3-13-9-28-18(24-19(13)29)8-14(25-28)10-26-6-7-27-15(11-26)12-31-21-17(27)5-4-16(23-21)20(30)22-2/h4-5,8-9,15H,3,6-7,10-12H2,1-2H3,(H,22,30)(H,24,29)/t15-/m1/s1. The minimum absolute atomic E-state index is 0.0544. The topological polar surface area (TPSA) is 108 Å². The number of aromatic amines is 1. The highest BCUT2D eigenvalue weighted by Gasteiger charge is 2.34. The van der Waals surface area contributed by atoms with Crippen molar-refractivity contribution in [3.63, 3.8) is 0 Å². The van der Waals surface area contributed by atoms with Crippen molar-refractivity contribution in [1.29, 1.82) is 0 Å². The zero-order valence-electron chi connectivity index (χ0n) is 17.6. The number of aromatic nitrogens is 4. The number of hydrogen-bond acceptors (Lipinski definition) is 7. The van der Waals surface area contributed by atoms with E-state index in [2.05, 4.69) is 30.2 Å². The van der Waals surface area contributed by atoms with Crippen LogP contribution in [-0.2, 0) is 13.0 Å². The number of carbonyl (C=O) groups excluding carboxylic acids is 1. The van der Waals surface area contributed by atoms with E-state index in [-0.39, 0.29) is 17.5 Å². The predicted octanol–water partition coefficient (Wildman–Crippen LogP) is 0.423. The number of piperazine rings is 1. The predicted molar refractivity (Wildman–Crippen MR) is 115 cm³/mol. The van der Waals surface area contributed by atoms with Gasteiger partial charge in [0.25, 0.3) is 11.5 Å². The number of anilines is 1. The van der Waals surface area contributed by atoms with E-state index < -0.39 is 0 Å². The van der Waals surface area contributed by atoms with Crippen LogP contribution >= 0.6 is 0 Å². The number of H-pyrrole nitrogens is 1. The van der Waals surface area contributed by atoms with Gasteiger partial charge in [0, 0.05) is 51.1 Å². The second kappa shape index (κ2) is 7.69. The third-order valence-electron chi connectivity index (χ3n) is 5.95. The molecule has 2 N–H and O–H groups in total. The van der Waals surface area contributed by atoms with E-state index in [1.165, 1.54) is 0 Å². The molecule has 10 heteroatoms. The number of fused-ring (bicyclic) bond motifs is 4. The van der Waals surface area contributed by atoms with Gasteiger partial charge in [-0.05, 0) is 18.6 Å². The molecule has 1 fully saturated rings. The Balaban J connectivity index is 1.30. The first-order valence-electron chi connectivity index (χ1n) is 10.5. The number of hydrogen-bond donors (Lipinski definition) is 2. The van der Waals surface area contributed by atoms with Crippen LogP contribution in [0.15, 0.2) is 29.2 Å². The lowest BCUT2D eigenvalue weighted by Crippen LogP contribution is -2.57. The molecule has 0 aliphatic carbocycles. The Morgan fingerprint density at radius 1 is 1.35 bits per heavy atom. The van der Waals surface area contributed by atoms with Crippen LogP contribution in [-0.4, -0.2) is 69.7 Å². The molecule has 2 aliphatic rings. The molecule has 3 aromatic rings. The van der Waals surface area contributed by atoms with Crippen LogP contribution in [0.4, 0.5) is 5.69 Å². The van der Waals surface area contributed by atoms with E-state index in [1.54, 1.807) is 17.6 Å². The molecule has 0 radical (unpaired) electrons. The molecule has 0 spiro atoms. The zero-order chi connectivity index (χ0) is 21.5. The quantitative estimate of drug-likeness (QED) is 0.626. The smallest absolute Gasteiger partial charge is 0.269 e. The van der Waals surface area contributed by atoms with Crippen LogP contribution in [0, 0.1) is 0 Å². The number of carbonyl (C=O) groups is 1. The van der Waals surface area contributed by atoms with E-state index >= 15 is 0 Å². The first kappa shape index (κ1) is 19.6. The molecule has 0 bridgehead atoms. The fourth-order valence-electron chi connectivity index (χ4n) is 4.31. The summed E-state index contributed by atoms with van der Waals surface area (Å²) < 4.78 is 7.65. The minimum atomic E-state index is -0.224. The molecule has 0 aromatic carbocycles. The molecule has 1 atom stereocenters. The van der Waals surface area contributed by atoms with Gasteiger partial charge in [0.2, 0.25) is 5.88 Å². The summed E-state index contributed by atoms with van der Waals surface area (Å²) in [6.07, 6.45) is 2.48. The molecule has 2 aliphatic heterocycles. The lowest BCUT2D eigenvalue weighted by atomic mass is 10.1. The lowest BCUT2D eigenvalue weighted by molar-refractivity contribution is 0.0956. The molecular formula is C21H25N7O3. The molecule has 0 unspecified atom stereocenters. The van der Waals surface area contributed by atoms with Crippen LogP contribution in [0.2, 0.25) is 0 Å². The summed E-state index contributed by atoms with van der Waals surface area (Å²) in [5.74, 6) is 0.292. The van der Waals surface area contributed by atoms with Gasteiger partial charge in [-0.1, -0.05) is 6.92 Å². The third kappa shape index (κ3) is 3.52. The molecule has 1 amide bonds. The van der Waals surface area contributed by atoms with Gasteiger partial charge in [-0.3, -0.25) is 14.5 Å². The van der Waals surface area contributed by atoms with Crippen LogP contribution in [0.25, 0.3) is 5.65 Å². The number of pyridine rings is 1. The molecule has 1 saturated heterocycles. The summed E-state index contributed by atoms with van der Waals surface area (Å²) in [5.41, 5.74) is 3.59. The fraction of sp³-hybridized carbons (Fsp3) is 0.429. The van der Waals surface area contributed by atoms with E-state index in [0.29, 0.717) is 36.8 Å². The van der Waals surface area contributed by atoms with Crippen LogP contribution in [0.1, 0.15) is 28.7 Å². The van der Waals surface area contributed by atoms with Crippen molar-refractivity contribution >= 4 is 17.2 Å². The molecule has 0 saturated carbocycles. The van der Waals surface area contributed by atoms with E-state index in [4.69, 9.17) is 4.74 Å². The van der Waals surface area contributed by atoms with Crippen molar-refractivity contribution in [3.8, 4) is 5.88 Å². The molecule has 3 aromatic heterocycles. The molecule has 5 rings (SSSR count). The molecule has 162 valence electrons. The summed E-state index contributed by atoms with van der Waals surface area (Å²) >= 11 is 0. The average Bonchev–Trinajstić information content (AvgIpc) is 3.17. The Bertz CT molecular complexity index is 1200. The molecule has 5 heterocycles. The van der Waals surface area contributed by atoms with Gasteiger partial charge < -0.3 is 19.9 Å². The number of nitrogens with zero attached hydrogens (tertiary/aromatic N) is 5. The maximum Gasteiger partial charge on any atom is 0.269 e. The number of ether oxygens (including phenoxy) is 1. The summed E-state index contributed by atoms with van der Waals surface area (Å²) in [5, 5.41) is 7.23.